The summed E-state index contributed by atoms with van der Waals surface area (Å²) in [6, 6.07) is 38.3. The van der Waals surface area contributed by atoms with Gasteiger partial charge in [0.25, 0.3) is 0 Å². The molecule has 1 heterocycles. The van der Waals surface area contributed by atoms with Gasteiger partial charge in [-0.3, -0.25) is 0 Å². The Labute approximate surface area is 264 Å². The fraction of sp³-hybridized carbons (Fsp3) is 0.268. The second-order valence-electron chi connectivity index (χ2n) is 13.8. The standard InChI is InChI=1S/C41H36N4/c1-26-15-28-16-27(2)23-41(22-26,24-28)37-18-29(25-42)17-36(21-37)40-44-38(34-13-11-30-7-3-5-9-32(30)19-34)43-39(45-40)35-14-12-31-8-4-6-10-33(31)20-35/h3-14,17-21,26-28H,15-16,22-24H2,1-2H3/t26-,27+,28?,41?. The molecule has 8 rings (SSSR count). The number of aromatic nitrogens is 3. The number of benzene rings is 5. The highest BCUT2D eigenvalue weighted by Gasteiger charge is 2.45. The molecule has 0 saturated heterocycles. The molecule has 2 bridgehead atoms. The fourth-order valence-corrected chi connectivity index (χ4v) is 8.61. The molecule has 0 amide bonds. The molecular formula is C41H36N4. The molecule has 2 saturated carbocycles. The summed E-state index contributed by atoms with van der Waals surface area (Å²) < 4.78 is 0. The third kappa shape index (κ3) is 5.17. The predicted molar refractivity (Wildman–Crippen MR) is 182 cm³/mol. The average Bonchev–Trinajstić information content (AvgIpc) is 3.06. The van der Waals surface area contributed by atoms with Crippen molar-refractivity contribution in [1.29, 1.82) is 5.26 Å². The van der Waals surface area contributed by atoms with Crippen molar-refractivity contribution >= 4 is 21.5 Å². The minimum absolute atomic E-state index is 0.0942. The van der Waals surface area contributed by atoms with Crippen LogP contribution in [0.3, 0.4) is 0 Å². The average molecular weight is 585 g/mol. The topological polar surface area (TPSA) is 62.5 Å². The molecule has 0 radical (unpaired) electrons. The summed E-state index contributed by atoms with van der Waals surface area (Å²) in [6.07, 6.45) is 6.18. The van der Waals surface area contributed by atoms with E-state index in [0.29, 0.717) is 34.9 Å². The monoisotopic (exact) mass is 584 g/mol. The van der Waals surface area contributed by atoms with E-state index in [1.54, 1.807) is 0 Å². The van der Waals surface area contributed by atoms with Crippen LogP contribution < -0.4 is 0 Å². The Kier molecular flexibility index (Phi) is 6.72. The number of hydrogen-bond acceptors (Lipinski definition) is 4. The smallest absolute Gasteiger partial charge is 0.164 e. The first kappa shape index (κ1) is 27.7. The minimum atomic E-state index is 0.0942. The summed E-state index contributed by atoms with van der Waals surface area (Å²) in [5.41, 5.74) is 4.82. The molecule has 4 nitrogen and oxygen atoms in total. The van der Waals surface area contributed by atoms with E-state index >= 15 is 0 Å². The van der Waals surface area contributed by atoms with Gasteiger partial charge >= 0.3 is 0 Å². The SMILES string of the molecule is C[C@@H]1CC2C[C@H](C)CC(c3cc(C#N)cc(-c4nc(-c5ccc6ccccc6c5)nc(-c5ccc6ccccc6c5)n4)c3)(C2)C1. The van der Waals surface area contributed by atoms with Gasteiger partial charge in [0.05, 0.1) is 11.6 Å². The van der Waals surface area contributed by atoms with E-state index in [1.807, 2.05) is 6.07 Å². The van der Waals surface area contributed by atoms with Crippen molar-refractivity contribution in [2.75, 3.05) is 0 Å². The van der Waals surface area contributed by atoms with Gasteiger partial charge in [-0.15, -0.1) is 0 Å². The number of rotatable bonds is 4. The van der Waals surface area contributed by atoms with Gasteiger partial charge in [-0.05, 0) is 113 Å². The predicted octanol–water partition coefficient (Wildman–Crippen LogP) is 10.2. The van der Waals surface area contributed by atoms with Gasteiger partial charge in [0.1, 0.15) is 0 Å². The molecule has 0 N–H and O–H groups in total. The Morgan fingerprint density at radius 3 is 1.62 bits per heavy atom. The van der Waals surface area contributed by atoms with Crippen molar-refractivity contribution in [2.24, 2.45) is 17.8 Å². The Morgan fingerprint density at radius 1 is 0.578 bits per heavy atom. The van der Waals surface area contributed by atoms with Gasteiger partial charge < -0.3 is 0 Å². The van der Waals surface area contributed by atoms with E-state index < -0.39 is 0 Å². The van der Waals surface area contributed by atoms with Crippen LogP contribution >= 0.6 is 0 Å². The van der Waals surface area contributed by atoms with Gasteiger partial charge in [0.15, 0.2) is 17.5 Å². The van der Waals surface area contributed by atoms with E-state index in [9.17, 15) is 5.26 Å². The molecule has 2 unspecified atom stereocenters. The molecule has 220 valence electrons. The summed E-state index contributed by atoms with van der Waals surface area (Å²) in [4.78, 5) is 15.3. The van der Waals surface area contributed by atoms with E-state index in [1.165, 1.54) is 48.4 Å². The summed E-state index contributed by atoms with van der Waals surface area (Å²) >= 11 is 0. The Balaban J connectivity index is 1.32. The van der Waals surface area contributed by atoms with E-state index in [2.05, 4.69) is 117 Å². The maximum atomic E-state index is 10.2. The number of hydrogen-bond donors (Lipinski definition) is 0. The lowest BCUT2D eigenvalue weighted by molar-refractivity contribution is 0.0780. The largest absolute Gasteiger partial charge is 0.208 e. The maximum absolute atomic E-state index is 10.2. The third-order valence-electron chi connectivity index (χ3n) is 10.2. The summed E-state index contributed by atoms with van der Waals surface area (Å²) in [5, 5.41) is 14.9. The summed E-state index contributed by atoms with van der Waals surface area (Å²) in [6.45, 7) is 4.81. The van der Waals surface area contributed by atoms with Crippen LogP contribution in [0.5, 0.6) is 0 Å². The number of nitrogens with zero attached hydrogens (tertiary/aromatic N) is 4. The van der Waals surface area contributed by atoms with Crippen LogP contribution in [-0.2, 0) is 5.41 Å². The van der Waals surface area contributed by atoms with E-state index in [4.69, 9.17) is 15.0 Å². The first-order chi connectivity index (χ1) is 21.9. The first-order valence-corrected chi connectivity index (χ1v) is 16.3. The van der Waals surface area contributed by atoms with Crippen molar-refractivity contribution in [3.05, 3.63) is 114 Å². The summed E-state index contributed by atoms with van der Waals surface area (Å²) in [7, 11) is 0. The van der Waals surface area contributed by atoms with E-state index in [-0.39, 0.29) is 5.41 Å². The zero-order valence-corrected chi connectivity index (χ0v) is 25.9. The molecule has 4 atom stereocenters. The molecule has 2 aliphatic carbocycles. The number of nitriles is 1. The van der Waals surface area contributed by atoms with Gasteiger partial charge in [-0.25, -0.2) is 15.0 Å². The lowest BCUT2D eigenvalue weighted by atomic mass is 9.54. The third-order valence-corrected chi connectivity index (χ3v) is 10.2. The Hall–Kier alpha value is -4.88. The van der Waals surface area contributed by atoms with Crippen molar-refractivity contribution < 1.29 is 0 Å². The highest BCUT2D eigenvalue weighted by Crippen LogP contribution is 2.54. The second-order valence-corrected chi connectivity index (χ2v) is 13.8. The van der Waals surface area contributed by atoms with Gasteiger partial charge in [0.2, 0.25) is 0 Å². The van der Waals surface area contributed by atoms with Crippen LogP contribution in [0, 0.1) is 29.1 Å². The Morgan fingerprint density at radius 2 is 1.09 bits per heavy atom. The van der Waals surface area contributed by atoms with Crippen LogP contribution in [0.25, 0.3) is 55.7 Å². The van der Waals surface area contributed by atoms with Gasteiger partial charge in [-0.1, -0.05) is 86.6 Å². The molecule has 2 fully saturated rings. The zero-order chi connectivity index (χ0) is 30.5. The van der Waals surface area contributed by atoms with E-state index in [0.717, 1.165) is 33.4 Å². The van der Waals surface area contributed by atoms with Gasteiger partial charge in [-0.2, -0.15) is 5.26 Å². The minimum Gasteiger partial charge on any atom is -0.208 e. The van der Waals surface area contributed by atoms with Crippen molar-refractivity contribution in [1.82, 2.24) is 15.0 Å². The summed E-state index contributed by atoms with van der Waals surface area (Å²) in [5.74, 6) is 3.99. The molecule has 45 heavy (non-hydrogen) atoms. The van der Waals surface area contributed by atoms with Crippen LogP contribution in [0.4, 0.5) is 0 Å². The molecule has 0 spiro atoms. The molecule has 0 aliphatic heterocycles. The molecule has 4 heteroatoms. The van der Waals surface area contributed by atoms with Crippen LogP contribution in [0.1, 0.15) is 57.1 Å². The van der Waals surface area contributed by atoms with Gasteiger partial charge in [0, 0.05) is 16.7 Å². The zero-order valence-electron chi connectivity index (χ0n) is 25.9. The van der Waals surface area contributed by atoms with Crippen molar-refractivity contribution in [2.45, 2.75) is 51.4 Å². The molecule has 5 aromatic carbocycles. The first-order valence-electron chi connectivity index (χ1n) is 16.3. The highest BCUT2D eigenvalue weighted by molar-refractivity contribution is 5.88. The van der Waals surface area contributed by atoms with Crippen LogP contribution in [0.2, 0.25) is 0 Å². The van der Waals surface area contributed by atoms with Crippen molar-refractivity contribution in [3.8, 4) is 40.2 Å². The highest BCUT2D eigenvalue weighted by atomic mass is 15.0. The maximum Gasteiger partial charge on any atom is 0.164 e. The number of fused-ring (bicyclic) bond motifs is 4. The molecule has 2 aliphatic rings. The Bertz CT molecular complexity index is 2010. The lowest BCUT2D eigenvalue weighted by Gasteiger charge is -2.50. The molecule has 6 aromatic rings. The molecular weight excluding hydrogens is 548 g/mol. The van der Waals surface area contributed by atoms with Crippen LogP contribution in [-0.4, -0.2) is 15.0 Å². The van der Waals surface area contributed by atoms with Crippen LogP contribution in [0.15, 0.2) is 103 Å². The quantitative estimate of drug-likeness (QED) is 0.207. The normalized spacial score (nSPS) is 22.7. The second kappa shape index (κ2) is 10.9. The fourth-order valence-electron chi connectivity index (χ4n) is 8.61. The lowest BCUT2D eigenvalue weighted by Crippen LogP contribution is -2.42. The van der Waals surface area contributed by atoms with Crippen molar-refractivity contribution in [3.63, 3.8) is 0 Å². The molecule has 1 aromatic heterocycles.